The number of hydrogen-bond acceptors (Lipinski definition) is 3. The molecule has 0 atom stereocenters. The summed E-state index contributed by atoms with van der Waals surface area (Å²) in [6.45, 7) is 4.46. The second-order valence-corrected chi connectivity index (χ2v) is 5.21. The van der Waals surface area contributed by atoms with Crippen molar-refractivity contribution in [2.75, 3.05) is 19.6 Å². The number of methoxy groups -OCH3 is 1. The molecule has 1 nitrogen and oxygen atoms in total. The fourth-order valence-electron chi connectivity index (χ4n) is 1.58. The van der Waals surface area contributed by atoms with Crippen molar-refractivity contribution in [1.82, 2.24) is 0 Å². The summed E-state index contributed by atoms with van der Waals surface area (Å²) >= 11 is 3.56. The van der Waals surface area contributed by atoms with Gasteiger partial charge in [-0.15, -0.1) is 23.5 Å². The predicted molar refractivity (Wildman–Crippen MR) is 70.6 cm³/mol. The highest BCUT2D eigenvalue weighted by atomic mass is 32.2. The third-order valence-electron chi connectivity index (χ3n) is 2.36. The highest BCUT2D eigenvalue weighted by Gasteiger charge is 2.14. The Morgan fingerprint density at radius 3 is 2.07 bits per heavy atom. The Morgan fingerprint density at radius 2 is 1.67 bits per heavy atom. The van der Waals surface area contributed by atoms with Gasteiger partial charge in [0.2, 0.25) is 0 Å². The first-order chi connectivity index (χ1) is 7.15. The van der Waals surface area contributed by atoms with Gasteiger partial charge in [-0.2, -0.15) is 0 Å². The SMILES string of the molecule is COc1ccc(C(C)C)c(SC)c1SC. The minimum atomic E-state index is 0.559. The van der Waals surface area contributed by atoms with Gasteiger partial charge in [0.25, 0.3) is 0 Å². The van der Waals surface area contributed by atoms with Gasteiger partial charge in [0, 0.05) is 4.90 Å². The van der Waals surface area contributed by atoms with E-state index in [2.05, 4.69) is 38.5 Å². The number of thioether (sulfide) groups is 2. The molecule has 0 N–H and O–H groups in total. The standard InChI is InChI=1S/C12H18OS2/c1-8(2)9-6-7-10(13-3)12(15-5)11(9)14-4/h6-8H,1-5H3. The van der Waals surface area contributed by atoms with Crippen molar-refractivity contribution in [3.8, 4) is 5.75 Å². The Kier molecular flexibility index (Phi) is 4.87. The Balaban J connectivity index is 3.34. The smallest absolute Gasteiger partial charge is 0.133 e. The highest BCUT2D eigenvalue weighted by molar-refractivity contribution is 8.01. The van der Waals surface area contributed by atoms with Crippen LogP contribution < -0.4 is 4.74 Å². The first kappa shape index (κ1) is 12.8. The zero-order valence-corrected chi connectivity index (χ0v) is 11.6. The molecule has 0 aliphatic rings. The molecule has 84 valence electrons. The van der Waals surface area contributed by atoms with Gasteiger partial charge in [-0.05, 0) is 30.1 Å². The molecule has 1 aromatic carbocycles. The van der Waals surface area contributed by atoms with E-state index in [1.165, 1.54) is 15.4 Å². The molecule has 0 heterocycles. The third-order valence-corrected chi connectivity index (χ3v) is 4.15. The van der Waals surface area contributed by atoms with E-state index >= 15 is 0 Å². The number of ether oxygens (including phenoxy) is 1. The summed E-state index contributed by atoms with van der Waals surface area (Å²) in [4.78, 5) is 2.62. The van der Waals surface area contributed by atoms with Crippen LogP contribution in [0.15, 0.2) is 21.9 Å². The average molecular weight is 242 g/mol. The minimum absolute atomic E-state index is 0.559. The van der Waals surface area contributed by atoms with Gasteiger partial charge in [-0.3, -0.25) is 0 Å². The lowest BCUT2D eigenvalue weighted by atomic mass is 10.0. The maximum atomic E-state index is 5.38. The Morgan fingerprint density at radius 1 is 1.07 bits per heavy atom. The van der Waals surface area contributed by atoms with E-state index < -0.39 is 0 Å². The second kappa shape index (κ2) is 5.71. The topological polar surface area (TPSA) is 9.23 Å². The van der Waals surface area contributed by atoms with Crippen molar-refractivity contribution in [2.45, 2.75) is 29.6 Å². The summed E-state index contributed by atoms with van der Waals surface area (Å²) in [6.07, 6.45) is 4.22. The van der Waals surface area contributed by atoms with Crippen LogP contribution in [-0.2, 0) is 0 Å². The lowest BCUT2D eigenvalue weighted by Crippen LogP contribution is -1.95. The summed E-state index contributed by atoms with van der Waals surface area (Å²) in [5.41, 5.74) is 1.41. The van der Waals surface area contributed by atoms with Crippen LogP contribution in [0.4, 0.5) is 0 Å². The van der Waals surface area contributed by atoms with E-state index in [1.54, 1.807) is 30.6 Å². The third kappa shape index (κ3) is 2.64. The molecule has 1 rings (SSSR count). The van der Waals surface area contributed by atoms with E-state index in [1.807, 2.05) is 0 Å². The molecule has 15 heavy (non-hydrogen) atoms. The average Bonchev–Trinajstić information content (AvgIpc) is 2.26. The van der Waals surface area contributed by atoms with Gasteiger partial charge >= 0.3 is 0 Å². The van der Waals surface area contributed by atoms with Gasteiger partial charge in [-0.25, -0.2) is 0 Å². The van der Waals surface area contributed by atoms with Gasteiger partial charge in [0.15, 0.2) is 0 Å². The molecular weight excluding hydrogens is 224 g/mol. The molecule has 0 unspecified atom stereocenters. The van der Waals surface area contributed by atoms with Crippen LogP contribution in [0.1, 0.15) is 25.3 Å². The molecule has 0 bridgehead atoms. The molecule has 0 aliphatic carbocycles. The Labute approximate surface area is 101 Å². The van der Waals surface area contributed by atoms with Crippen LogP contribution >= 0.6 is 23.5 Å². The molecule has 1 aromatic rings. The maximum Gasteiger partial charge on any atom is 0.133 e. The van der Waals surface area contributed by atoms with Crippen LogP contribution in [0.2, 0.25) is 0 Å². The predicted octanol–water partition coefficient (Wildman–Crippen LogP) is 4.26. The molecule has 0 amide bonds. The van der Waals surface area contributed by atoms with Crippen molar-refractivity contribution in [2.24, 2.45) is 0 Å². The van der Waals surface area contributed by atoms with Gasteiger partial charge in [0.1, 0.15) is 5.75 Å². The van der Waals surface area contributed by atoms with E-state index in [-0.39, 0.29) is 0 Å². The van der Waals surface area contributed by atoms with Crippen molar-refractivity contribution in [3.05, 3.63) is 17.7 Å². The lowest BCUT2D eigenvalue weighted by Gasteiger charge is -2.17. The molecule has 0 saturated carbocycles. The number of benzene rings is 1. The van der Waals surface area contributed by atoms with Crippen LogP contribution in [0, 0.1) is 0 Å². The first-order valence-electron chi connectivity index (χ1n) is 4.94. The van der Waals surface area contributed by atoms with E-state index in [4.69, 9.17) is 4.74 Å². The van der Waals surface area contributed by atoms with E-state index in [9.17, 15) is 0 Å². The largest absolute Gasteiger partial charge is 0.496 e. The van der Waals surface area contributed by atoms with Crippen molar-refractivity contribution < 1.29 is 4.74 Å². The monoisotopic (exact) mass is 242 g/mol. The highest BCUT2D eigenvalue weighted by Crippen LogP contribution is 2.40. The molecular formula is C12H18OS2. The fourth-order valence-corrected chi connectivity index (χ4v) is 3.56. The van der Waals surface area contributed by atoms with E-state index in [0.29, 0.717) is 5.92 Å². The van der Waals surface area contributed by atoms with Gasteiger partial charge in [-0.1, -0.05) is 19.9 Å². The molecule has 0 fully saturated rings. The Hall–Kier alpha value is -0.280. The van der Waals surface area contributed by atoms with Crippen LogP contribution in [0.5, 0.6) is 5.75 Å². The molecule has 0 aromatic heterocycles. The quantitative estimate of drug-likeness (QED) is 0.730. The normalized spacial score (nSPS) is 10.8. The second-order valence-electron chi connectivity index (χ2n) is 3.58. The number of rotatable bonds is 4. The summed E-state index contributed by atoms with van der Waals surface area (Å²) < 4.78 is 5.38. The molecule has 3 heteroatoms. The fraction of sp³-hybridized carbons (Fsp3) is 0.500. The van der Waals surface area contributed by atoms with Crippen molar-refractivity contribution in [1.29, 1.82) is 0 Å². The van der Waals surface area contributed by atoms with Crippen LogP contribution in [0.25, 0.3) is 0 Å². The first-order valence-corrected chi connectivity index (χ1v) is 7.39. The maximum absolute atomic E-state index is 5.38. The lowest BCUT2D eigenvalue weighted by molar-refractivity contribution is 0.402. The van der Waals surface area contributed by atoms with Crippen molar-refractivity contribution >= 4 is 23.5 Å². The molecule has 0 radical (unpaired) electrons. The summed E-state index contributed by atoms with van der Waals surface area (Å²) in [6, 6.07) is 4.25. The minimum Gasteiger partial charge on any atom is -0.496 e. The van der Waals surface area contributed by atoms with E-state index in [0.717, 1.165) is 5.75 Å². The van der Waals surface area contributed by atoms with Crippen molar-refractivity contribution in [3.63, 3.8) is 0 Å². The zero-order valence-electron chi connectivity index (χ0n) is 9.96. The Bertz CT molecular complexity index is 335. The van der Waals surface area contributed by atoms with Crippen LogP contribution in [0.3, 0.4) is 0 Å². The molecule has 0 aliphatic heterocycles. The van der Waals surface area contributed by atoms with Gasteiger partial charge < -0.3 is 4.74 Å². The van der Waals surface area contributed by atoms with Gasteiger partial charge in [0.05, 0.1) is 12.0 Å². The zero-order chi connectivity index (χ0) is 11.4. The molecule has 0 spiro atoms. The summed E-state index contributed by atoms with van der Waals surface area (Å²) in [7, 11) is 1.73. The number of hydrogen-bond donors (Lipinski definition) is 0. The van der Waals surface area contributed by atoms with Crippen LogP contribution in [-0.4, -0.2) is 19.6 Å². The summed E-state index contributed by atoms with van der Waals surface area (Å²) in [5.74, 6) is 1.54. The summed E-state index contributed by atoms with van der Waals surface area (Å²) in [5, 5.41) is 0. The molecule has 0 saturated heterocycles.